The van der Waals surface area contributed by atoms with Gasteiger partial charge in [0.2, 0.25) is 0 Å². The number of aromatic nitrogens is 2. The highest BCUT2D eigenvalue weighted by molar-refractivity contribution is 5.57. The lowest BCUT2D eigenvalue weighted by Gasteiger charge is -2.29. The Morgan fingerprint density at radius 2 is 1.86 bits per heavy atom. The number of rotatable bonds is 1. The van der Waals surface area contributed by atoms with E-state index in [2.05, 4.69) is 21.4 Å². The fourth-order valence-corrected chi connectivity index (χ4v) is 1.62. The van der Waals surface area contributed by atoms with E-state index in [-0.39, 0.29) is 0 Å². The Morgan fingerprint density at radius 3 is 2.50 bits per heavy atom. The van der Waals surface area contributed by atoms with Crippen molar-refractivity contribution in [2.45, 2.75) is 12.8 Å². The predicted octanol–water partition coefficient (Wildman–Crippen LogP) is 1.22. The van der Waals surface area contributed by atoms with Crippen molar-refractivity contribution in [2.75, 3.05) is 23.7 Å². The second kappa shape index (κ2) is 3.65. The van der Waals surface area contributed by atoms with Crippen molar-refractivity contribution in [1.82, 2.24) is 9.97 Å². The maximum Gasteiger partial charge on any atom is 0.171 e. The highest BCUT2D eigenvalue weighted by Crippen LogP contribution is 2.22. The van der Waals surface area contributed by atoms with Gasteiger partial charge in [0.05, 0.1) is 0 Å². The number of nitrogens with two attached hydrogens (primary N) is 1. The van der Waals surface area contributed by atoms with Gasteiger partial charge in [-0.25, -0.2) is 9.97 Å². The van der Waals surface area contributed by atoms with Crippen molar-refractivity contribution in [1.29, 1.82) is 0 Å². The predicted molar refractivity (Wildman–Crippen MR) is 57.0 cm³/mol. The van der Waals surface area contributed by atoms with Crippen LogP contribution < -0.4 is 10.6 Å². The standard InChI is InChI=1S/C10H14N4/c1-8-2-6-14(7-3-8)10-9(11)12-4-5-13-10/h4-5H,1-3,6-7H2,(H2,11,12). The monoisotopic (exact) mass is 190 g/mol. The van der Waals surface area contributed by atoms with E-state index in [1.807, 2.05) is 0 Å². The smallest absolute Gasteiger partial charge is 0.171 e. The first-order valence-corrected chi connectivity index (χ1v) is 4.75. The molecule has 4 heteroatoms. The van der Waals surface area contributed by atoms with E-state index < -0.39 is 0 Å². The minimum Gasteiger partial charge on any atom is -0.381 e. The third kappa shape index (κ3) is 1.69. The molecule has 0 aliphatic carbocycles. The van der Waals surface area contributed by atoms with Crippen LogP contribution in [0.3, 0.4) is 0 Å². The lowest BCUT2D eigenvalue weighted by molar-refractivity contribution is 0.679. The third-order valence-electron chi connectivity index (χ3n) is 2.48. The molecule has 0 unspecified atom stereocenters. The number of nitrogens with zero attached hydrogens (tertiary/aromatic N) is 3. The molecule has 2 heterocycles. The lowest BCUT2D eigenvalue weighted by atomic mass is 10.1. The Hall–Kier alpha value is -1.58. The van der Waals surface area contributed by atoms with E-state index in [9.17, 15) is 0 Å². The van der Waals surface area contributed by atoms with E-state index in [1.54, 1.807) is 12.4 Å². The lowest BCUT2D eigenvalue weighted by Crippen LogP contribution is -2.31. The van der Waals surface area contributed by atoms with E-state index in [0.717, 1.165) is 31.7 Å². The van der Waals surface area contributed by atoms with Crippen LogP contribution in [0.1, 0.15) is 12.8 Å². The molecule has 0 radical (unpaired) electrons. The minimum absolute atomic E-state index is 0.514. The van der Waals surface area contributed by atoms with Gasteiger partial charge in [-0.2, -0.15) is 0 Å². The maximum absolute atomic E-state index is 5.75. The molecular formula is C10H14N4. The van der Waals surface area contributed by atoms with E-state index in [1.165, 1.54) is 5.57 Å². The molecule has 0 atom stereocenters. The molecule has 2 rings (SSSR count). The summed E-state index contributed by atoms with van der Waals surface area (Å²) in [6.45, 7) is 5.86. The number of hydrogen-bond donors (Lipinski definition) is 1. The second-order valence-corrected chi connectivity index (χ2v) is 3.50. The first kappa shape index (κ1) is 8.99. The summed E-state index contributed by atoms with van der Waals surface area (Å²) < 4.78 is 0. The minimum atomic E-state index is 0.514. The summed E-state index contributed by atoms with van der Waals surface area (Å²) in [5.74, 6) is 1.32. The number of hydrogen-bond acceptors (Lipinski definition) is 4. The molecule has 1 fully saturated rings. The topological polar surface area (TPSA) is 55.0 Å². The summed E-state index contributed by atoms with van der Waals surface area (Å²) in [5.41, 5.74) is 7.06. The van der Waals surface area contributed by atoms with Crippen LogP contribution in [0, 0.1) is 0 Å². The molecular weight excluding hydrogens is 176 g/mol. The van der Waals surface area contributed by atoms with Gasteiger partial charge in [0.1, 0.15) is 0 Å². The molecule has 1 saturated heterocycles. The molecule has 14 heavy (non-hydrogen) atoms. The Morgan fingerprint density at radius 1 is 1.21 bits per heavy atom. The summed E-state index contributed by atoms with van der Waals surface area (Å²) >= 11 is 0. The fourth-order valence-electron chi connectivity index (χ4n) is 1.62. The van der Waals surface area contributed by atoms with Crippen LogP contribution in [0.4, 0.5) is 11.6 Å². The van der Waals surface area contributed by atoms with Gasteiger partial charge in [-0.3, -0.25) is 0 Å². The molecule has 1 aliphatic heterocycles. The molecule has 74 valence electrons. The molecule has 0 spiro atoms. The Balaban J connectivity index is 2.16. The largest absolute Gasteiger partial charge is 0.381 e. The quantitative estimate of drug-likeness (QED) is 0.676. The van der Waals surface area contributed by atoms with Crippen molar-refractivity contribution in [2.24, 2.45) is 0 Å². The fraction of sp³-hybridized carbons (Fsp3) is 0.400. The highest BCUT2D eigenvalue weighted by Gasteiger charge is 2.16. The molecule has 0 aromatic carbocycles. The normalized spacial score (nSPS) is 17.1. The zero-order valence-corrected chi connectivity index (χ0v) is 8.11. The van der Waals surface area contributed by atoms with E-state index in [0.29, 0.717) is 5.82 Å². The van der Waals surface area contributed by atoms with Crippen molar-refractivity contribution < 1.29 is 0 Å². The van der Waals surface area contributed by atoms with Crippen LogP contribution in [0.5, 0.6) is 0 Å². The van der Waals surface area contributed by atoms with Crippen molar-refractivity contribution in [3.63, 3.8) is 0 Å². The SMILES string of the molecule is C=C1CCN(c2nccnc2N)CC1. The van der Waals surface area contributed by atoms with Gasteiger partial charge in [0.15, 0.2) is 11.6 Å². The summed E-state index contributed by atoms with van der Waals surface area (Å²) in [6, 6.07) is 0. The van der Waals surface area contributed by atoms with Gasteiger partial charge >= 0.3 is 0 Å². The van der Waals surface area contributed by atoms with Crippen LogP contribution in [0.15, 0.2) is 24.5 Å². The molecule has 0 saturated carbocycles. The molecule has 1 aromatic heterocycles. The van der Waals surface area contributed by atoms with Gasteiger partial charge in [0.25, 0.3) is 0 Å². The molecule has 0 amide bonds. The van der Waals surface area contributed by atoms with Gasteiger partial charge in [-0.05, 0) is 12.8 Å². The second-order valence-electron chi connectivity index (χ2n) is 3.50. The van der Waals surface area contributed by atoms with Crippen LogP contribution in [-0.4, -0.2) is 23.1 Å². The summed E-state index contributed by atoms with van der Waals surface area (Å²) in [4.78, 5) is 10.4. The Bertz CT molecular complexity index is 338. The van der Waals surface area contributed by atoms with Crippen LogP contribution >= 0.6 is 0 Å². The number of anilines is 2. The molecule has 0 bridgehead atoms. The van der Waals surface area contributed by atoms with Gasteiger partial charge in [-0.15, -0.1) is 0 Å². The summed E-state index contributed by atoms with van der Waals surface area (Å²) in [5, 5.41) is 0. The molecule has 1 aromatic rings. The van der Waals surface area contributed by atoms with Gasteiger partial charge in [0, 0.05) is 25.5 Å². The van der Waals surface area contributed by atoms with Crippen LogP contribution in [0.2, 0.25) is 0 Å². The van der Waals surface area contributed by atoms with Crippen molar-refractivity contribution >= 4 is 11.6 Å². The zero-order chi connectivity index (χ0) is 9.97. The molecule has 1 aliphatic rings. The maximum atomic E-state index is 5.75. The Labute approximate surface area is 83.5 Å². The van der Waals surface area contributed by atoms with Crippen molar-refractivity contribution in [3.05, 3.63) is 24.5 Å². The van der Waals surface area contributed by atoms with E-state index >= 15 is 0 Å². The van der Waals surface area contributed by atoms with E-state index in [4.69, 9.17) is 5.73 Å². The van der Waals surface area contributed by atoms with Gasteiger partial charge in [-0.1, -0.05) is 12.2 Å². The third-order valence-corrected chi connectivity index (χ3v) is 2.48. The molecule has 2 N–H and O–H groups in total. The number of piperidine rings is 1. The Kier molecular flexibility index (Phi) is 2.35. The average molecular weight is 190 g/mol. The zero-order valence-electron chi connectivity index (χ0n) is 8.11. The average Bonchev–Trinajstić information content (AvgIpc) is 2.20. The van der Waals surface area contributed by atoms with Crippen LogP contribution in [-0.2, 0) is 0 Å². The molecule has 4 nitrogen and oxygen atoms in total. The highest BCUT2D eigenvalue weighted by atomic mass is 15.2. The first-order valence-electron chi connectivity index (χ1n) is 4.75. The van der Waals surface area contributed by atoms with Crippen LogP contribution in [0.25, 0.3) is 0 Å². The van der Waals surface area contributed by atoms with Gasteiger partial charge < -0.3 is 10.6 Å². The van der Waals surface area contributed by atoms with Crippen molar-refractivity contribution in [3.8, 4) is 0 Å². The summed E-state index contributed by atoms with van der Waals surface area (Å²) in [6.07, 6.45) is 5.34. The first-order chi connectivity index (χ1) is 6.77. The number of nitrogen functional groups attached to an aromatic ring is 1. The summed E-state index contributed by atoms with van der Waals surface area (Å²) in [7, 11) is 0.